The second-order valence-electron chi connectivity index (χ2n) is 14.8. The maximum Gasteiger partial charge on any atom is 0.306 e. The summed E-state index contributed by atoms with van der Waals surface area (Å²) in [6.07, 6.45) is 31.5. The Morgan fingerprint density at radius 3 is 1.65 bits per heavy atom. The lowest BCUT2D eigenvalue weighted by Crippen LogP contribution is -2.59. The molecular weight excluding hydrogens is 688 g/mol. The first-order valence-corrected chi connectivity index (χ1v) is 21.6. The van der Waals surface area contributed by atoms with Crippen molar-refractivity contribution in [2.45, 2.75) is 211 Å². The third-order valence-corrected chi connectivity index (χ3v) is 9.75. The number of allylic oxidation sites excluding steroid dienone is 6. The molecule has 1 fully saturated rings. The Hall–Kier alpha value is -2.08. The molecule has 1 heterocycles. The molecule has 1 aliphatic rings. The molecule has 1 saturated heterocycles. The van der Waals surface area contributed by atoms with Gasteiger partial charge in [0.1, 0.15) is 31.0 Å². The standard InChI is InChI=1S/C44H78O10/c1-3-5-7-9-11-13-15-17-19-21-23-25-27-29-31-33-40(47)53-37(36-52-44-43(50)42(49)41(48)38(34-45)54-44)35-51-39(46)32-30-28-26-24-22-20-18-16-14-12-10-8-6-4-2/h10,12,16,18,23,25,37-38,41-45,48-50H,3-9,11,13-15,17,19-22,24,26-36H2,1-2H3/b12-10+,18-16+,25-23+/t37-,38-,41+,42?,43?,44-/m1/s1. The van der Waals surface area contributed by atoms with Crippen molar-refractivity contribution < 1.29 is 49.0 Å². The predicted molar refractivity (Wildman–Crippen MR) is 215 cm³/mol. The van der Waals surface area contributed by atoms with Crippen LogP contribution in [0.15, 0.2) is 36.5 Å². The van der Waals surface area contributed by atoms with Crippen LogP contribution in [0.4, 0.5) is 0 Å². The minimum absolute atomic E-state index is 0.197. The zero-order chi connectivity index (χ0) is 39.5. The van der Waals surface area contributed by atoms with Crippen molar-refractivity contribution >= 4 is 11.9 Å². The molecule has 1 aliphatic heterocycles. The van der Waals surface area contributed by atoms with E-state index in [-0.39, 0.29) is 26.1 Å². The van der Waals surface area contributed by atoms with Gasteiger partial charge in [0, 0.05) is 12.8 Å². The molecular formula is C44H78O10. The Morgan fingerprint density at radius 1 is 0.574 bits per heavy atom. The Labute approximate surface area is 327 Å². The molecule has 0 bridgehead atoms. The van der Waals surface area contributed by atoms with E-state index in [4.69, 9.17) is 18.9 Å². The van der Waals surface area contributed by atoms with Crippen molar-refractivity contribution in [2.75, 3.05) is 19.8 Å². The molecule has 0 aromatic carbocycles. The van der Waals surface area contributed by atoms with Gasteiger partial charge in [-0.2, -0.15) is 0 Å². The van der Waals surface area contributed by atoms with Gasteiger partial charge < -0.3 is 39.4 Å². The highest BCUT2D eigenvalue weighted by atomic mass is 16.7. The Balaban J connectivity index is 2.38. The zero-order valence-corrected chi connectivity index (χ0v) is 34.0. The van der Waals surface area contributed by atoms with E-state index in [2.05, 4.69) is 50.3 Å². The van der Waals surface area contributed by atoms with Crippen molar-refractivity contribution in [1.29, 1.82) is 0 Å². The average molecular weight is 767 g/mol. The number of aliphatic hydroxyl groups excluding tert-OH is 4. The lowest BCUT2D eigenvalue weighted by Gasteiger charge is -2.39. The van der Waals surface area contributed by atoms with Gasteiger partial charge in [-0.1, -0.05) is 134 Å². The van der Waals surface area contributed by atoms with Gasteiger partial charge >= 0.3 is 11.9 Å². The third-order valence-electron chi connectivity index (χ3n) is 9.75. The number of aliphatic hydroxyl groups is 4. The largest absolute Gasteiger partial charge is 0.462 e. The van der Waals surface area contributed by atoms with Crippen molar-refractivity contribution in [3.8, 4) is 0 Å². The first-order chi connectivity index (χ1) is 26.3. The van der Waals surface area contributed by atoms with E-state index in [0.717, 1.165) is 64.2 Å². The van der Waals surface area contributed by atoms with Crippen LogP contribution in [0.3, 0.4) is 0 Å². The van der Waals surface area contributed by atoms with E-state index >= 15 is 0 Å². The average Bonchev–Trinajstić information content (AvgIpc) is 3.17. The number of ether oxygens (including phenoxy) is 4. The lowest BCUT2D eigenvalue weighted by molar-refractivity contribution is -0.305. The molecule has 0 amide bonds. The Kier molecular flexibility index (Phi) is 32.7. The fraction of sp³-hybridized carbons (Fsp3) is 0.818. The Bertz CT molecular complexity index is 980. The molecule has 0 spiro atoms. The molecule has 2 unspecified atom stereocenters. The zero-order valence-electron chi connectivity index (χ0n) is 34.0. The van der Waals surface area contributed by atoms with Gasteiger partial charge in [0.05, 0.1) is 13.2 Å². The number of unbranched alkanes of at least 4 members (excludes halogenated alkanes) is 18. The highest BCUT2D eigenvalue weighted by Gasteiger charge is 2.44. The second kappa shape index (κ2) is 35.3. The monoisotopic (exact) mass is 767 g/mol. The molecule has 54 heavy (non-hydrogen) atoms. The van der Waals surface area contributed by atoms with Gasteiger partial charge in [-0.3, -0.25) is 9.59 Å². The molecule has 0 saturated carbocycles. The van der Waals surface area contributed by atoms with Crippen LogP contribution in [-0.2, 0) is 28.5 Å². The molecule has 0 radical (unpaired) electrons. The first-order valence-electron chi connectivity index (χ1n) is 21.6. The highest BCUT2D eigenvalue weighted by Crippen LogP contribution is 2.22. The molecule has 4 N–H and O–H groups in total. The van der Waals surface area contributed by atoms with Crippen LogP contribution < -0.4 is 0 Å². The summed E-state index contributed by atoms with van der Waals surface area (Å²) in [5.74, 6) is -0.849. The van der Waals surface area contributed by atoms with Gasteiger partial charge in [0.2, 0.25) is 0 Å². The molecule has 0 aromatic heterocycles. The summed E-state index contributed by atoms with van der Waals surface area (Å²) in [5, 5.41) is 40.0. The highest BCUT2D eigenvalue weighted by molar-refractivity contribution is 5.70. The van der Waals surface area contributed by atoms with Crippen molar-refractivity contribution in [3.05, 3.63) is 36.5 Å². The fourth-order valence-corrected chi connectivity index (χ4v) is 6.26. The number of hydrogen-bond acceptors (Lipinski definition) is 10. The summed E-state index contributed by atoms with van der Waals surface area (Å²) in [5.41, 5.74) is 0. The van der Waals surface area contributed by atoms with Gasteiger partial charge in [-0.05, 0) is 64.2 Å². The van der Waals surface area contributed by atoms with Gasteiger partial charge in [-0.15, -0.1) is 0 Å². The van der Waals surface area contributed by atoms with E-state index in [1.54, 1.807) is 0 Å². The number of carbonyl (C=O) groups excluding carboxylic acids is 2. The van der Waals surface area contributed by atoms with E-state index in [1.165, 1.54) is 70.6 Å². The number of rotatable bonds is 35. The van der Waals surface area contributed by atoms with Crippen LogP contribution in [0.5, 0.6) is 0 Å². The predicted octanol–water partition coefficient (Wildman–Crippen LogP) is 8.72. The summed E-state index contributed by atoms with van der Waals surface area (Å²) >= 11 is 0. The molecule has 10 nitrogen and oxygen atoms in total. The maximum atomic E-state index is 12.7. The SMILES string of the molecule is CCCC/C=C/C/C=C/CCCCCCCC(=O)OC[C@H](CO[C@@H]1O[C@H](CO)[C@H](O)C(O)C1O)OC(=O)CCCC/C=C/CCCCCCCCCCC. The normalized spacial score (nSPS) is 21.0. The molecule has 0 aliphatic carbocycles. The van der Waals surface area contributed by atoms with Crippen LogP contribution in [0.1, 0.15) is 174 Å². The second-order valence-corrected chi connectivity index (χ2v) is 14.8. The summed E-state index contributed by atoms with van der Waals surface area (Å²) in [6, 6.07) is 0. The quantitative estimate of drug-likeness (QED) is 0.0280. The molecule has 6 atom stereocenters. The van der Waals surface area contributed by atoms with Crippen LogP contribution in [0.2, 0.25) is 0 Å². The van der Waals surface area contributed by atoms with Gasteiger partial charge in [0.15, 0.2) is 12.4 Å². The summed E-state index contributed by atoms with van der Waals surface area (Å²) in [7, 11) is 0. The lowest BCUT2D eigenvalue weighted by atomic mass is 9.99. The van der Waals surface area contributed by atoms with Gasteiger partial charge in [-0.25, -0.2) is 0 Å². The van der Waals surface area contributed by atoms with Gasteiger partial charge in [0.25, 0.3) is 0 Å². The number of carbonyl (C=O) groups is 2. The summed E-state index contributed by atoms with van der Waals surface area (Å²) < 4.78 is 22.1. The van der Waals surface area contributed by atoms with E-state index in [1.807, 2.05) is 0 Å². The molecule has 0 aromatic rings. The van der Waals surface area contributed by atoms with Crippen LogP contribution in [-0.4, -0.2) is 89.0 Å². The Morgan fingerprint density at radius 2 is 1.06 bits per heavy atom. The van der Waals surface area contributed by atoms with Crippen molar-refractivity contribution in [1.82, 2.24) is 0 Å². The molecule has 10 heteroatoms. The minimum Gasteiger partial charge on any atom is -0.462 e. The smallest absolute Gasteiger partial charge is 0.306 e. The molecule has 1 rings (SSSR count). The van der Waals surface area contributed by atoms with Crippen LogP contribution >= 0.6 is 0 Å². The number of hydrogen-bond donors (Lipinski definition) is 4. The van der Waals surface area contributed by atoms with E-state index in [0.29, 0.717) is 12.8 Å². The molecule has 314 valence electrons. The number of esters is 2. The topological polar surface area (TPSA) is 152 Å². The minimum atomic E-state index is -1.60. The summed E-state index contributed by atoms with van der Waals surface area (Å²) in [4.78, 5) is 25.3. The first kappa shape index (κ1) is 49.9. The van der Waals surface area contributed by atoms with E-state index in [9.17, 15) is 30.0 Å². The summed E-state index contributed by atoms with van der Waals surface area (Å²) in [6.45, 7) is 3.34. The van der Waals surface area contributed by atoms with Crippen LogP contribution in [0, 0.1) is 0 Å². The van der Waals surface area contributed by atoms with E-state index < -0.39 is 55.4 Å². The van der Waals surface area contributed by atoms with Crippen LogP contribution in [0.25, 0.3) is 0 Å². The fourth-order valence-electron chi connectivity index (χ4n) is 6.26. The third kappa shape index (κ3) is 26.7. The van der Waals surface area contributed by atoms with Crippen molar-refractivity contribution in [3.63, 3.8) is 0 Å². The maximum absolute atomic E-state index is 12.7. The van der Waals surface area contributed by atoms with Crippen molar-refractivity contribution in [2.24, 2.45) is 0 Å².